The van der Waals surface area contributed by atoms with Gasteiger partial charge in [-0.15, -0.1) is 0 Å². The van der Waals surface area contributed by atoms with Crippen molar-refractivity contribution in [3.63, 3.8) is 0 Å². The van der Waals surface area contributed by atoms with Gasteiger partial charge < -0.3 is 9.47 Å². The predicted molar refractivity (Wildman–Crippen MR) is 81.8 cm³/mol. The Labute approximate surface area is 123 Å². The molecule has 2 aromatic rings. The Morgan fingerprint density at radius 2 is 1.90 bits per heavy atom. The average molecular weight is 288 g/mol. The number of benzene rings is 2. The van der Waals surface area contributed by atoms with E-state index in [0.717, 1.165) is 5.56 Å². The zero-order chi connectivity index (χ0) is 15.1. The van der Waals surface area contributed by atoms with Crippen molar-refractivity contribution in [2.45, 2.75) is 6.92 Å². The zero-order valence-electron chi connectivity index (χ0n) is 12.0. The number of hydrogen-bond acceptors (Lipinski definition) is 4. The summed E-state index contributed by atoms with van der Waals surface area (Å²) in [6, 6.07) is 11.5. The standard InChI is InChI=1S/C16H17FN2O2/c1-3-21-16-10-12(4-9-15(16)20-2)11-18-19-14-7-5-13(17)6-8-14/h4-11,19H,3H2,1-2H3/b18-11+. The van der Waals surface area contributed by atoms with Crippen molar-refractivity contribution in [1.29, 1.82) is 0 Å². The molecule has 1 N–H and O–H groups in total. The molecule has 0 amide bonds. The Bertz CT molecular complexity index is 612. The molecule has 110 valence electrons. The smallest absolute Gasteiger partial charge is 0.161 e. The SMILES string of the molecule is CCOc1cc(/C=N/Nc2ccc(F)cc2)ccc1OC. The summed E-state index contributed by atoms with van der Waals surface area (Å²) in [6.07, 6.45) is 1.66. The van der Waals surface area contributed by atoms with Crippen LogP contribution in [0.1, 0.15) is 12.5 Å². The third-order valence-corrected chi connectivity index (χ3v) is 2.74. The van der Waals surface area contributed by atoms with Crippen LogP contribution < -0.4 is 14.9 Å². The third kappa shape index (κ3) is 4.21. The van der Waals surface area contributed by atoms with Gasteiger partial charge in [0.2, 0.25) is 0 Å². The molecule has 0 saturated heterocycles. The highest BCUT2D eigenvalue weighted by molar-refractivity contribution is 5.81. The quantitative estimate of drug-likeness (QED) is 0.651. The molecule has 0 fully saturated rings. The fourth-order valence-corrected chi connectivity index (χ4v) is 1.75. The molecule has 0 unspecified atom stereocenters. The summed E-state index contributed by atoms with van der Waals surface area (Å²) in [7, 11) is 1.60. The molecule has 0 aliphatic carbocycles. The Morgan fingerprint density at radius 1 is 1.14 bits per heavy atom. The van der Waals surface area contributed by atoms with E-state index in [1.54, 1.807) is 25.5 Å². The van der Waals surface area contributed by atoms with Crippen molar-refractivity contribution in [3.8, 4) is 11.5 Å². The van der Waals surface area contributed by atoms with Crippen LogP contribution in [-0.2, 0) is 0 Å². The Morgan fingerprint density at radius 3 is 2.57 bits per heavy atom. The summed E-state index contributed by atoms with van der Waals surface area (Å²) in [5.74, 6) is 1.08. The van der Waals surface area contributed by atoms with E-state index in [0.29, 0.717) is 23.8 Å². The van der Waals surface area contributed by atoms with Gasteiger partial charge in [-0.25, -0.2) is 4.39 Å². The molecule has 0 saturated carbocycles. The van der Waals surface area contributed by atoms with Crippen molar-refractivity contribution >= 4 is 11.9 Å². The second-order valence-corrected chi connectivity index (χ2v) is 4.22. The first-order valence-corrected chi connectivity index (χ1v) is 6.58. The molecule has 0 spiro atoms. The van der Waals surface area contributed by atoms with Crippen LogP contribution >= 0.6 is 0 Å². The van der Waals surface area contributed by atoms with E-state index in [1.807, 2.05) is 25.1 Å². The molecule has 0 aliphatic heterocycles. The normalized spacial score (nSPS) is 10.6. The second kappa shape index (κ2) is 7.28. The van der Waals surface area contributed by atoms with Crippen LogP contribution in [0.2, 0.25) is 0 Å². The summed E-state index contributed by atoms with van der Waals surface area (Å²) in [4.78, 5) is 0. The molecule has 0 radical (unpaired) electrons. The van der Waals surface area contributed by atoms with Crippen LogP contribution in [0.3, 0.4) is 0 Å². The molecule has 0 aliphatic rings. The maximum Gasteiger partial charge on any atom is 0.161 e. The van der Waals surface area contributed by atoms with Gasteiger partial charge >= 0.3 is 0 Å². The minimum atomic E-state index is -0.277. The molecular formula is C16H17FN2O2. The summed E-state index contributed by atoms with van der Waals surface area (Å²) in [5.41, 5.74) is 4.41. The number of nitrogens with one attached hydrogen (secondary N) is 1. The second-order valence-electron chi connectivity index (χ2n) is 4.22. The average Bonchev–Trinajstić information content (AvgIpc) is 2.50. The first kappa shape index (κ1) is 14.8. The van der Waals surface area contributed by atoms with Crippen LogP contribution in [0.25, 0.3) is 0 Å². The molecule has 2 aromatic carbocycles. The molecule has 0 heterocycles. The van der Waals surface area contributed by atoms with Gasteiger partial charge in [-0.2, -0.15) is 5.10 Å². The van der Waals surface area contributed by atoms with Crippen molar-refractivity contribution in [2.24, 2.45) is 5.10 Å². The first-order valence-electron chi connectivity index (χ1n) is 6.58. The minimum absolute atomic E-state index is 0.277. The lowest BCUT2D eigenvalue weighted by atomic mass is 10.2. The van der Waals surface area contributed by atoms with E-state index >= 15 is 0 Å². The van der Waals surface area contributed by atoms with Gasteiger partial charge in [-0.05, 0) is 55.0 Å². The topological polar surface area (TPSA) is 42.8 Å². The molecule has 0 bridgehead atoms. The monoisotopic (exact) mass is 288 g/mol. The highest BCUT2D eigenvalue weighted by atomic mass is 19.1. The van der Waals surface area contributed by atoms with Gasteiger partial charge in [0.05, 0.1) is 25.6 Å². The van der Waals surface area contributed by atoms with E-state index in [2.05, 4.69) is 10.5 Å². The maximum atomic E-state index is 12.8. The number of ether oxygens (including phenoxy) is 2. The zero-order valence-corrected chi connectivity index (χ0v) is 12.0. The van der Waals surface area contributed by atoms with Crippen molar-refractivity contribution < 1.29 is 13.9 Å². The first-order chi connectivity index (χ1) is 10.2. The number of methoxy groups -OCH3 is 1. The van der Waals surface area contributed by atoms with Crippen molar-refractivity contribution in [2.75, 3.05) is 19.1 Å². The number of halogens is 1. The minimum Gasteiger partial charge on any atom is -0.493 e. The summed E-state index contributed by atoms with van der Waals surface area (Å²) < 4.78 is 23.5. The van der Waals surface area contributed by atoms with Gasteiger partial charge in [-0.1, -0.05) is 0 Å². The fourth-order valence-electron chi connectivity index (χ4n) is 1.75. The van der Waals surface area contributed by atoms with E-state index in [-0.39, 0.29) is 5.82 Å². The number of hydrazone groups is 1. The number of hydrogen-bond donors (Lipinski definition) is 1. The Balaban J connectivity index is 2.06. The highest BCUT2D eigenvalue weighted by Crippen LogP contribution is 2.27. The van der Waals surface area contributed by atoms with E-state index in [4.69, 9.17) is 9.47 Å². The molecular weight excluding hydrogens is 271 g/mol. The third-order valence-electron chi connectivity index (χ3n) is 2.74. The fraction of sp³-hybridized carbons (Fsp3) is 0.188. The predicted octanol–water partition coefficient (Wildman–Crippen LogP) is 3.68. The van der Waals surface area contributed by atoms with E-state index in [1.165, 1.54) is 12.1 Å². The molecule has 0 atom stereocenters. The van der Waals surface area contributed by atoms with Crippen LogP contribution in [0.4, 0.5) is 10.1 Å². The molecule has 4 nitrogen and oxygen atoms in total. The summed E-state index contributed by atoms with van der Waals surface area (Å²) >= 11 is 0. The van der Waals surface area contributed by atoms with Crippen molar-refractivity contribution in [1.82, 2.24) is 0 Å². The number of nitrogens with zero attached hydrogens (tertiary/aromatic N) is 1. The number of anilines is 1. The van der Waals surface area contributed by atoms with Crippen LogP contribution in [0.15, 0.2) is 47.6 Å². The lowest BCUT2D eigenvalue weighted by Gasteiger charge is -2.09. The Kier molecular flexibility index (Phi) is 5.15. The van der Waals surface area contributed by atoms with Crippen molar-refractivity contribution in [3.05, 3.63) is 53.8 Å². The number of rotatable bonds is 6. The van der Waals surface area contributed by atoms with E-state index in [9.17, 15) is 4.39 Å². The van der Waals surface area contributed by atoms with Crippen LogP contribution in [0.5, 0.6) is 11.5 Å². The lowest BCUT2D eigenvalue weighted by Crippen LogP contribution is -1.97. The lowest BCUT2D eigenvalue weighted by molar-refractivity contribution is 0.311. The largest absolute Gasteiger partial charge is 0.493 e. The van der Waals surface area contributed by atoms with Gasteiger partial charge in [0, 0.05) is 0 Å². The molecule has 21 heavy (non-hydrogen) atoms. The molecule has 0 aromatic heterocycles. The van der Waals surface area contributed by atoms with Gasteiger partial charge in [0.15, 0.2) is 11.5 Å². The van der Waals surface area contributed by atoms with Crippen LogP contribution in [0, 0.1) is 5.82 Å². The Hall–Kier alpha value is -2.56. The maximum absolute atomic E-state index is 12.8. The molecule has 5 heteroatoms. The van der Waals surface area contributed by atoms with Crippen LogP contribution in [-0.4, -0.2) is 19.9 Å². The van der Waals surface area contributed by atoms with Gasteiger partial charge in [0.1, 0.15) is 5.82 Å². The van der Waals surface area contributed by atoms with E-state index < -0.39 is 0 Å². The molecule has 2 rings (SSSR count). The summed E-state index contributed by atoms with van der Waals surface area (Å²) in [5, 5.41) is 4.10. The summed E-state index contributed by atoms with van der Waals surface area (Å²) in [6.45, 7) is 2.47. The van der Waals surface area contributed by atoms with Gasteiger partial charge in [-0.3, -0.25) is 5.43 Å². The van der Waals surface area contributed by atoms with Gasteiger partial charge in [0.25, 0.3) is 0 Å². The highest BCUT2D eigenvalue weighted by Gasteiger charge is 2.03.